The fourth-order valence-electron chi connectivity index (χ4n) is 1.91. The second-order valence-corrected chi connectivity index (χ2v) is 5.27. The van der Waals surface area contributed by atoms with E-state index in [0.717, 1.165) is 36.5 Å². The SMILES string of the molecule is CN(CCCNCc1ccc(Br)o1)c1ccccc1. The smallest absolute Gasteiger partial charge is 0.169 e. The van der Waals surface area contributed by atoms with Crippen LogP contribution in [0.2, 0.25) is 0 Å². The van der Waals surface area contributed by atoms with Gasteiger partial charge in [0, 0.05) is 19.3 Å². The maximum Gasteiger partial charge on any atom is 0.169 e. The quantitative estimate of drug-likeness (QED) is 0.788. The van der Waals surface area contributed by atoms with Crippen molar-refractivity contribution >= 4 is 21.6 Å². The first-order valence-corrected chi connectivity index (χ1v) is 7.26. The highest BCUT2D eigenvalue weighted by molar-refractivity contribution is 9.10. The van der Waals surface area contributed by atoms with Gasteiger partial charge in [-0.2, -0.15) is 0 Å². The Hall–Kier alpha value is -1.26. The van der Waals surface area contributed by atoms with E-state index in [2.05, 4.69) is 57.5 Å². The van der Waals surface area contributed by atoms with Gasteiger partial charge in [0.1, 0.15) is 5.76 Å². The van der Waals surface area contributed by atoms with Crippen LogP contribution in [0.15, 0.2) is 51.6 Å². The first kappa shape index (κ1) is 14.2. The van der Waals surface area contributed by atoms with Gasteiger partial charge in [-0.3, -0.25) is 0 Å². The molecule has 1 aromatic heterocycles. The maximum atomic E-state index is 5.42. The van der Waals surface area contributed by atoms with Crippen LogP contribution in [-0.2, 0) is 6.54 Å². The van der Waals surface area contributed by atoms with Crippen LogP contribution in [-0.4, -0.2) is 20.1 Å². The lowest BCUT2D eigenvalue weighted by atomic mass is 10.3. The molecule has 0 amide bonds. The van der Waals surface area contributed by atoms with Crippen LogP contribution in [0.4, 0.5) is 5.69 Å². The number of halogens is 1. The van der Waals surface area contributed by atoms with Crippen molar-refractivity contribution in [2.24, 2.45) is 0 Å². The summed E-state index contributed by atoms with van der Waals surface area (Å²) in [5, 5.41) is 3.38. The second-order valence-electron chi connectivity index (χ2n) is 4.49. The minimum absolute atomic E-state index is 0.778. The summed E-state index contributed by atoms with van der Waals surface area (Å²) >= 11 is 3.30. The molecule has 0 bridgehead atoms. The summed E-state index contributed by atoms with van der Waals surface area (Å²) in [5.41, 5.74) is 1.26. The van der Waals surface area contributed by atoms with Crippen molar-refractivity contribution in [2.45, 2.75) is 13.0 Å². The van der Waals surface area contributed by atoms with Crippen molar-refractivity contribution in [3.63, 3.8) is 0 Å². The van der Waals surface area contributed by atoms with Gasteiger partial charge in [0.15, 0.2) is 4.67 Å². The van der Waals surface area contributed by atoms with Gasteiger partial charge in [-0.15, -0.1) is 0 Å². The van der Waals surface area contributed by atoms with Crippen LogP contribution in [0.5, 0.6) is 0 Å². The van der Waals surface area contributed by atoms with E-state index in [1.54, 1.807) is 0 Å². The molecule has 0 unspecified atom stereocenters. The van der Waals surface area contributed by atoms with Crippen molar-refractivity contribution < 1.29 is 4.42 Å². The predicted molar refractivity (Wildman–Crippen MR) is 82.4 cm³/mol. The number of hydrogen-bond donors (Lipinski definition) is 1. The summed E-state index contributed by atoms with van der Waals surface area (Å²) in [6.45, 7) is 2.80. The average molecular weight is 323 g/mol. The van der Waals surface area contributed by atoms with Crippen LogP contribution >= 0.6 is 15.9 Å². The summed E-state index contributed by atoms with van der Waals surface area (Å²) in [4.78, 5) is 2.27. The summed E-state index contributed by atoms with van der Waals surface area (Å²) < 4.78 is 6.21. The lowest BCUT2D eigenvalue weighted by Crippen LogP contribution is -2.23. The first-order valence-electron chi connectivity index (χ1n) is 6.47. The minimum Gasteiger partial charge on any atom is -0.453 e. The molecule has 0 spiro atoms. The van der Waals surface area contributed by atoms with Gasteiger partial charge in [0.25, 0.3) is 0 Å². The van der Waals surface area contributed by atoms with E-state index in [4.69, 9.17) is 4.42 Å². The molecular formula is C15H19BrN2O. The molecule has 19 heavy (non-hydrogen) atoms. The van der Waals surface area contributed by atoms with E-state index in [9.17, 15) is 0 Å². The van der Waals surface area contributed by atoms with E-state index >= 15 is 0 Å². The van der Waals surface area contributed by atoms with Crippen molar-refractivity contribution in [2.75, 3.05) is 25.0 Å². The normalized spacial score (nSPS) is 10.6. The lowest BCUT2D eigenvalue weighted by molar-refractivity contribution is 0.464. The number of nitrogens with one attached hydrogen (secondary N) is 1. The van der Waals surface area contributed by atoms with Gasteiger partial charge in [-0.25, -0.2) is 0 Å². The molecule has 0 fully saturated rings. The molecule has 0 saturated heterocycles. The van der Waals surface area contributed by atoms with Crippen molar-refractivity contribution in [1.82, 2.24) is 5.32 Å². The standard InChI is InChI=1S/C15H19BrN2O/c1-18(13-6-3-2-4-7-13)11-5-10-17-12-14-8-9-15(16)19-14/h2-4,6-9,17H,5,10-12H2,1H3. The van der Waals surface area contributed by atoms with E-state index in [-0.39, 0.29) is 0 Å². The molecular weight excluding hydrogens is 304 g/mol. The molecule has 0 atom stereocenters. The molecule has 0 radical (unpaired) electrons. The highest BCUT2D eigenvalue weighted by Crippen LogP contribution is 2.13. The minimum atomic E-state index is 0.778. The number of nitrogens with zero attached hydrogens (tertiary/aromatic N) is 1. The van der Waals surface area contributed by atoms with E-state index in [1.807, 2.05) is 18.2 Å². The molecule has 1 aromatic carbocycles. The third-order valence-electron chi connectivity index (χ3n) is 2.97. The predicted octanol–water partition coefficient (Wildman–Crippen LogP) is 3.66. The highest BCUT2D eigenvalue weighted by atomic mass is 79.9. The van der Waals surface area contributed by atoms with Crippen LogP contribution in [0, 0.1) is 0 Å². The first-order chi connectivity index (χ1) is 9.25. The fraction of sp³-hybridized carbons (Fsp3) is 0.333. The number of para-hydroxylation sites is 1. The Balaban J connectivity index is 1.62. The second kappa shape index (κ2) is 7.36. The Morgan fingerprint density at radius 3 is 2.63 bits per heavy atom. The van der Waals surface area contributed by atoms with E-state index < -0.39 is 0 Å². The summed E-state index contributed by atoms with van der Waals surface area (Å²) in [7, 11) is 2.12. The van der Waals surface area contributed by atoms with Crippen LogP contribution in [0.1, 0.15) is 12.2 Å². The Kier molecular flexibility index (Phi) is 5.48. The highest BCUT2D eigenvalue weighted by Gasteiger charge is 2.00. The van der Waals surface area contributed by atoms with Crippen molar-refractivity contribution in [3.8, 4) is 0 Å². The van der Waals surface area contributed by atoms with Crippen LogP contribution in [0.25, 0.3) is 0 Å². The summed E-state index contributed by atoms with van der Waals surface area (Å²) in [6.07, 6.45) is 1.10. The Morgan fingerprint density at radius 1 is 1.16 bits per heavy atom. The van der Waals surface area contributed by atoms with Crippen molar-refractivity contribution in [1.29, 1.82) is 0 Å². The van der Waals surface area contributed by atoms with E-state index in [0.29, 0.717) is 0 Å². The molecule has 1 heterocycles. The van der Waals surface area contributed by atoms with E-state index in [1.165, 1.54) is 5.69 Å². The van der Waals surface area contributed by atoms with Crippen molar-refractivity contribution in [3.05, 3.63) is 52.9 Å². The molecule has 0 aliphatic heterocycles. The molecule has 3 nitrogen and oxygen atoms in total. The average Bonchev–Trinajstić information content (AvgIpc) is 2.85. The monoisotopic (exact) mass is 322 g/mol. The molecule has 2 aromatic rings. The lowest BCUT2D eigenvalue weighted by Gasteiger charge is -2.19. The summed E-state index contributed by atoms with van der Waals surface area (Å²) in [5.74, 6) is 0.961. The van der Waals surface area contributed by atoms with Gasteiger partial charge < -0.3 is 14.6 Å². The zero-order chi connectivity index (χ0) is 13.5. The van der Waals surface area contributed by atoms with Crippen LogP contribution < -0.4 is 10.2 Å². The molecule has 2 rings (SSSR count). The largest absolute Gasteiger partial charge is 0.453 e. The molecule has 102 valence electrons. The Bertz CT molecular complexity index is 484. The zero-order valence-corrected chi connectivity index (χ0v) is 12.7. The van der Waals surface area contributed by atoms with Gasteiger partial charge in [-0.05, 0) is 53.2 Å². The molecule has 4 heteroatoms. The molecule has 0 saturated carbocycles. The van der Waals surface area contributed by atoms with Crippen LogP contribution in [0.3, 0.4) is 0 Å². The Labute approximate surface area is 122 Å². The molecule has 1 N–H and O–H groups in total. The number of hydrogen-bond acceptors (Lipinski definition) is 3. The number of furan rings is 1. The zero-order valence-electron chi connectivity index (χ0n) is 11.1. The summed E-state index contributed by atoms with van der Waals surface area (Å²) in [6, 6.07) is 14.3. The fourth-order valence-corrected chi connectivity index (χ4v) is 2.25. The molecule has 0 aliphatic rings. The number of benzene rings is 1. The van der Waals surface area contributed by atoms with Gasteiger partial charge in [0.05, 0.1) is 6.54 Å². The maximum absolute atomic E-state index is 5.42. The number of rotatable bonds is 7. The van der Waals surface area contributed by atoms with Gasteiger partial charge in [-0.1, -0.05) is 18.2 Å². The third kappa shape index (κ3) is 4.73. The third-order valence-corrected chi connectivity index (χ3v) is 3.40. The van der Waals surface area contributed by atoms with Gasteiger partial charge >= 0.3 is 0 Å². The number of anilines is 1. The Morgan fingerprint density at radius 2 is 1.95 bits per heavy atom. The topological polar surface area (TPSA) is 28.4 Å². The molecule has 0 aliphatic carbocycles. The van der Waals surface area contributed by atoms with Gasteiger partial charge in [0.2, 0.25) is 0 Å².